The Hall–Kier alpha value is -2.38. The molecule has 0 atom stereocenters. The summed E-state index contributed by atoms with van der Waals surface area (Å²) in [7, 11) is 1.50. The molecule has 8 nitrogen and oxygen atoms in total. The Morgan fingerprint density at radius 3 is 2.95 bits per heavy atom. The van der Waals surface area contributed by atoms with Crippen LogP contribution >= 0.6 is 0 Å². The minimum Gasteiger partial charge on any atom is -0.479 e. The third-order valence-electron chi connectivity index (χ3n) is 2.57. The van der Waals surface area contributed by atoms with E-state index in [1.807, 2.05) is 0 Å². The molecule has 0 saturated heterocycles. The van der Waals surface area contributed by atoms with Crippen molar-refractivity contribution in [2.24, 2.45) is 0 Å². The highest BCUT2D eigenvalue weighted by Crippen LogP contribution is 2.22. The minimum absolute atomic E-state index is 0.204. The predicted octanol–water partition coefficient (Wildman–Crippen LogP) is 0.370. The van der Waals surface area contributed by atoms with Gasteiger partial charge in [0.2, 0.25) is 11.8 Å². The molecule has 19 heavy (non-hydrogen) atoms. The maximum absolute atomic E-state index is 11.4. The molecule has 0 aliphatic rings. The van der Waals surface area contributed by atoms with Crippen molar-refractivity contribution in [1.29, 1.82) is 0 Å². The lowest BCUT2D eigenvalue weighted by Gasteiger charge is -2.05. The van der Waals surface area contributed by atoms with E-state index in [-0.39, 0.29) is 18.3 Å². The lowest BCUT2D eigenvalue weighted by Crippen LogP contribution is -2.11. The van der Waals surface area contributed by atoms with Crippen LogP contribution in [0.5, 0.6) is 5.88 Å². The number of rotatable bonds is 5. The van der Waals surface area contributed by atoms with Crippen LogP contribution in [-0.4, -0.2) is 39.2 Å². The molecular weight excluding hydrogens is 250 g/mol. The summed E-state index contributed by atoms with van der Waals surface area (Å²) in [5.41, 5.74) is 6.83. The van der Waals surface area contributed by atoms with Gasteiger partial charge in [0.1, 0.15) is 6.33 Å². The fourth-order valence-corrected chi connectivity index (χ4v) is 1.74. The number of ether oxygens (including phenoxy) is 2. The van der Waals surface area contributed by atoms with E-state index < -0.39 is 0 Å². The van der Waals surface area contributed by atoms with Crippen molar-refractivity contribution >= 4 is 23.1 Å². The predicted molar refractivity (Wildman–Crippen MR) is 67.5 cm³/mol. The van der Waals surface area contributed by atoms with Crippen LogP contribution in [0, 0.1) is 0 Å². The molecule has 0 aromatic carbocycles. The lowest BCUT2D eigenvalue weighted by atomic mass is 10.4. The number of imidazole rings is 1. The number of hydrogen-bond donors (Lipinski definition) is 1. The van der Waals surface area contributed by atoms with Gasteiger partial charge in [-0.25, -0.2) is 9.97 Å². The molecule has 0 radical (unpaired) electrons. The molecule has 0 unspecified atom stereocenters. The summed E-state index contributed by atoms with van der Waals surface area (Å²) in [5, 5.41) is 0. The van der Waals surface area contributed by atoms with Crippen molar-refractivity contribution in [3.63, 3.8) is 0 Å². The number of nitrogens with zero attached hydrogens (tertiary/aromatic N) is 4. The number of fused-ring (bicyclic) bond motifs is 1. The van der Waals surface area contributed by atoms with Crippen LogP contribution in [0.15, 0.2) is 6.33 Å². The third-order valence-corrected chi connectivity index (χ3v) is 2.57. The Morgan fingerprint density at radius 1 is 1.47 bits per heavy atom. The summed E-state index contributed by atoms with van der Waals surface area (Å²) in [6.45, 7) is 2.47. The standard InChI is InChI=1S/C11H15N5O3/c1-3-19-7(17)4-5-16-9-8(15-11(16)12)10(18-2)14-6-13-9/h6H,3-5H2,1-2H3,(H2,12,15). The molecule has 8 heteroatoms. The first-order valence-corrected chi connectivity index (χ1v) is 5.83. The molecular formula is C11H15N5O3. The molecule has 2 aromatic heterocycles. The fraction of sp³-hybridized carbons (Fsp3) is 0.455. The van der Waals surface area contributed by atoms with Crippen LogP contribution in [0.25, 0.3) is 11.2 Å². The van der Waals surface area contributed by atoms with Crippen LogP contribution in [0.4, 0.5) is 5.95 Å². The zero-order valence-corrected chi connectivity index (χ0v) is 10.8. The Labute approximate surface area is 109 Å². The first kappa shape index (κ1) is 13.1. The number of hydrogen-bond acceptors (Lipinski definition) is 7. The van der Waals surface area contributed by atoms with Crippen LogP contribution in [0.3, 0.4) is 0 Å². The second-order valence-corrected chi connectivity index (χ2v) is 3.73. The van der Waals surface area contributed by atoms with Gasteiger partial charge in [-0.05, 0) is 6.92 Å². The van der Waals surface area contributed by atoms with E-state index in [1.165, 1.54) is 13.4 Å². The van der Waals surface area contributed by atoms with Crippen LogP contribution in [0.2, 0.25) is 0 Å². The second-order valence-electron chi connectivity index (χ2n) is 3.73. The zero-order chi connectivity index (χ0) is 13.8. The summed E-state index contributed by atoms with van der Waals surface area (Å²) in [5.74, 6) is 0.328. The summed E-state index contributed by atoms with van der Waals surface area (Å²) < 4.78 is 11.6. The smallest absolute Gasteiger partial charge is 0.307 e. The highest BCUT2D eigenvalue weighted by molar-refractivity contribution is 5.79. The van der Waals surface area contributed by atoms with Crippen molar-refractivity contribution in [2.45, 2.75) is 19.9 Å². The molecule has 0 bridgehead atoms. The van der Waals surface area contributed by atoms with E-state index in [9.17, 15) is 4.79 Å². The minimum atomic E-state index is -0.287. The first-order chi connectivity index (χ1) is 9.17. The summed E-state index contributed by atoms with van der Waals surface area (Å²) in [6.07, 6.45) is 1.57. The maximum atomic E-state index is 11.4. The van der Waals surface area contributed by atoms with E-state index in [0.717, 1.165) is 0 Å². The first-order valence-electron chi connectivity index (χ1n) is 5.83. The summed E-state index contributed by atoms with van der Waals surface area (Å²) in [6, 6.07) is 0. The highest BCUT2D eigenvalue weighted by Gasteiger charge is 2.15. The van der Waals surface area contributed by atoms with Gasteiger partial charge in [-0.3, -0.25) is 9.36 Å². The molecule has 2 heterocycles. The van der Waals surface area contributed by atoms with Gasteiger partial charge >= 0.3 is 5.97 Å². The molecule has 2 rings (SSSR count). The number of nitrogens with two attached hydrogens (primary N) is 1. The van der Waals surface area contributed by atoms with Gasteiger partial charge in [0.15, 0.2) is 11.2 Å². The van der Waals surface area contributed by atoms with Crippen molar-refractivity contribution in [3.8, 4) is 5.88 Å². The van der Waals surface area contributed by atoms with E-state index >= 15 is 0 Å². The maximum Gasteiger partial charge on any atom is 0.307 e. The number of aromatic nitrogens is 4. The van der Waals surface area contributed by atoms with Gasteiger partial charge < -0.3 is 15.2 Å². The second kappa shape index (κ2) is 5.51. The van der Waals surface area contributed by atoms with Crippen LogP contribution in [0.1, 0.15) is 13.3 Å². The number of methoxy groups -OCH3 is 1. The quantitative estimate of drug-likeness (QED) is 0.778. The van der Waals surface area contributed by atoms with Gasteiger partial charge in [-0.15, -0.1) is 0 Å². The number of aryl methyl sites for hydroxylation is 1. The molecule has 0 aliphatic carbocycles. The fourth-order valence-electron chi connectivity index (χ4n) is 1.74. The number of esters is 1. The van der Waals surface area contributed by atoms with Crippen molar-refractivity contribution < 1.29 is 14.3 Å². The van der Waals surface area contributed by atoms with Gasteiger partial charge in [-0.1, -0.05) is 0 Å². The Bertz CT molecular complexity index is 595. The Kier molecular flexibility index (Phi) is 3.79. The number of carbonyl (C=O) groups excluding carboxylic acids is 1. The van der Waals surface area contributed by atoms with Crippen molar-refractivity contribution in [1.82, 2.24) is 19.5 Å². The van der Waals surface area contributed by atoms with Crippen molar-refractivity contribution in [3.05, 3.63) is 6.33 Å². The molecule has 2 N–H and O–H groups in total. The normalized spacial score (nSPS) is 10.6. The van der Waals surface area contributed by atoms with Crippen LogP contribution in [-0.2, 0) is 16.1 Å². The molecule has 2 aromatic rings. The molecule has 0 saturated carbocycles. The highest BCUT2D eigenvalue weighted by atomic mass is 16.5. The molecule has 0 fully saturated rings. The molecule has 0 spiro atoms. The van der Waals surface area contributed by atoms with E-state index in [1.54, 1.807) is 11.5 Å². The molecule has 0 aliphatic heterocycles. The molecule has 102 valence electrons. The summed E-state index contributed by atoms with van der Waals surface area (Å²) in [4.78, 5) is 23.6. The van der Waals surface area contributed by atoms with Gasteiger partial charge in [-0.2, -0.15) is 4.98 Å². The Morgan fingerprint density at radius 2 is 2.26 bits per heavy atom. The SMILES string of the molecule is CCOC(=O)CCn1c(N)nc2c(OC)ncnc21. The van der Waals surface area contributed by atoms with Crippen molar-refractivity contribution in [2.75, 3.05) is 19.5 Å². The summed E-state index contributed by atoms with van der Waals surface area (Å²) >= 11 is 0. The lowest BCUT2D eigenvalue weighted by molar-refractivity contribution is -0.143. The monoisotopic (exact) mass is 265 g/mol. The largest absolute Gasteiger partial charge is 0.479 e. The number of nitrogen functional groups attached to an aromatic ring is 1. The van der Waals surface area contributed by atoms with Gasteiger partial charge in [0.05, 0.1) is 20.1 Å². The van der Waals surface area contributed by atoms with E-state index in [4.69, 9.17) is 15.2 Å². The Balaban J connectivity index is 2.28. The zero-order valence-electron chi connectivity index (χ0n) is 10.8. The number of carbonyl (C=O) groups is 1. The average molecular weight is 265 g/mol. The van der Waals surface area contributed by atoms with Gasteiger partial charge in [0.25, 0.3) is 0 Å². The molecule has 0 amide bonds. The van der Waals surface area contributed by atoms with Crippen LogP contribution < -0.4 is 10.5 Å². The van der Waals surface area contributed by atoms with Gasteiger partial charge in [0, 0.05) is 6.54 Å². The topological polar surface area (TPSA) is 105 Å². The van der Waals surface area contributed by atoms with E-state index in [2.05, 4.69) is 15.0 Å². The third kappa shape index (κ3) is 2.56. The average Bonchev–Trinajstić information content (AvgIpc) is 2.72. The van der Waals surface area contributed by atoms with E-state index in [0.29, 0.717) is 30.2 Å². The number of anilines is 1.